The Bertz CT molecular complexity index is 397. The number of carbonyl (C=O) groups excluding carboxylic acids is 1. The summed E-state index contributed by atoms with van der Waals surface area (Å²) < 4.78 is 18.7. The summed E-state index contributed by atoms with van der Waals surface area (Å²) in [5, 5.41) is 0. The lowest BCUT2D eigenvalue weighted by atomic mass is 10.2. The molecule has 0 aliphatic carbocycles. The fraction of sp³-hybridized carbons (Fsp3) is 0.455. The largest absolute Gasteiger partial charge is 0.375 e. The van der Waals surface area contributed by atoms with Crippen molar-refractivity contribution in [3.05, 3.63) is 29.8 Å². The van der Waals surface area contributed by atoms with Gasteiger partial charge in [-0.2, -0.15) is 0 Å². The van der Waals surface area contributed by atoms with Crippen LogP contribution in [0.5, 0.6) is 0 Å². The van der Waals surface area contributed by atoms with Crippen molar-refractivity contribution < 1.29 is 13.9 Å². The fourth-order valence-corrected chi connectivity index (χ4v) is 1.72. The van der Waals surface area contributed by atoms with Gasteiger partial charge in [0.05, 0.1) is 24.5 Å². The Morgan fingerprint density at radius 2 is 2.50 bits per heavy atom. The first-order valence-corrected chi connectivity index (χ1v) is 5.19. The smallest absolute Gasteiger partial charge is 0.257 e. The van der Waals surface area contributed by atoms with Crippen molar-refractivity contribution in [2.75, 3.05) is 19.7 Å². The van der Waals surface area contributed by atoms with Crippen LogP contribution in [0.25, 0.3) is 0 Å². The molecule has 1 aliphatic rings. The molecule has 1 aromatic heterocycles. The molecule has 1 saturated heterocycles. The zero-order valence-corrected chi connectivity index (χ0v) is 9.02. The standard InChI is InChI=1S/C11H13FN2O2/c1-8-7-14(4-5-16-8)11(15)9-2-3-13-6-10(9)12/h2-3,6,8H,4-5,7H2,1H3. The Labute approximate surface area is 93.0 Å². The molecule has 16 heavy (non-hydrogen) atoms. The van der Waals surface area contributed by atoms with Gasteiger partial charge in [0.15, 0.2) is 5.82 Å². The number of morpholine rings is 1. The number of hydrogen-bond acceptors (Lipinski definition) is 3. The molecule has 1 aromatic rings. The van der Waals surface area contributed by atoms with Crippen LogP contribution in [0.2, 0.25) is 0 Å². The minimum absolute atomic E-state index is 0.00241. The molecule has 0 spiro atoms. The number of aromatic nitrogens is 1. The van der Waals surface area contributed by atoms with Crippen LogP contribution in [0, 0.1) is 5.82 Å². The second-order valence-corrected chi connectivity index (χ2v) is 3.79. The van der Waals surface area contributed by atoms with Crippen molar-refractivity contribution in [2.45, 2.75) is 13.0 Å². The maximum atomic E-state index is 13.4. The molecule has 0 saturated carbocycles. The van der Waals surface area contributed by atoms with Gasteiger partial charge in [0.25, 0.3) is 5.91 Å². The second kappa shape index (κ2) is 4.57. The van der Waals surface area contributed by atoms with E-state index >= 15 is 0 Å². The van der Waals surface area contributed by atoms with E-state index in [1.807, 2.05) is 6.92 Å². The monoisotopic (exact) mass is 224 g/mol. The molecule has 86 valence electrons. The molecule has 1 amide bonds. The average Bonchev–Trinajstić information content (AvgIpc) is 2.29. The zero-order valence-electron chi connectivity index (χ0n) is 9.02. The molecule has 2 rings (SSSR count). The third-order valence-electron chi connectivity index (χ3n) is 2.53. The Hall–Kier alpha value is -1.49. The molecule has 0 N–H and O–H groups in total. The van der Waals surface area contributed by atoms with Crippen LogP contribution in [-0.4, -0.2) is 41.6 Å². The summed E-state index contributed by atoms with van der Waals surface area (Å²) in [6, 6.07) is 1.40. The molecule has 5 heteroatoms. The summed E-state index contributed by atoms with van der Waals surface area (Å²) in [5.74, 6) is -0.873. The highest BCUT2D eigenvalue weighted by molar-refractivity contribution is 5.94. The lowest BCUT2D eigenvalue weighted by Crippen LogP contribution is -2.44. The summed E-state index contributed by atoms with van der Waals surface area (Å²) in [6.45, 7) is 3.40. The van der Waals surface area contributed by atoms with Gasteiger partial charge in [0.2, 0.25) is 0 Å². The predicted molar refractivity (Wildman–Crippen MR) is 55.5 cm³/mol. The summed E-state index contributed by atoms with van der Waals surface area (Å²) in [6.07, 6.45) is 2.47. The first-order valence-electron chi connectivity index (χ1n) is 5.19. The third kappa shape index (κ3) is 2.19. The minimum atomic E-state index is -0.577. The number of amides is 1. The summed E-state index contributed by atoms with van der Waals surface area (Å²) in [5.41, 5.74) is 0.0732. The van der Waals surface area contributed by atoms with Crippen molar-refractivity contribution in [3.8, 4) is 0 Å². The highest BCUT2D eigenvalue weighted by Crippen LogP contribution is 2.12. The lowest BCUT2D eigenvalue weighted by Gasteiger charge is -2.31. The molecule has 1 fully saturated rings. The number of pyridine rings is 1. The summed E-state index contributed by atoms with van der Waals surface area (Å²) >= 11 is 0. The predicted octanol–water partition coefficient (Wildman–Crippen LogP) is 1.08. The first-order chi connectivity index (χ1) is 7.68. The van der Waals surface area contributed by atoms with Gasteiger partial charge in [-0.25, -0.2) is 4.39 Å². The highest BCUT2D eigenvalue weighted by Gasteiger charge is 2.24. The number of halogens is 1. The highest BCUT2D eigenvalue weighted by atomic mass is 19.1. The molecular formula is C11H13FN2O2. The first kappa shape index (κ1) is 11.0. The van der Waals surface area contributed by atoms with Crippen LogP contribution in [0.15, 0.2) is 18.5 Å². The number of nitrogens with zero attached hydrogens (tertiary/aromatic N) is 2. The number of rotatable bonds is 1. The van der Waals surface area contributed by atoms with Gasteiger partial charge in [-0.05, 0) is 13.0 Å². The SMILES string of the molecule is CC1CN(C(=O)c2ccncc2F)CCO1. The Balaban J connectivity index is 2.16. The van der Waals surface area contributed by atoms with Crippen molar-refractivity contribution in [1.82, 2.24) is 9.88 Å². The summed E-state index contributed by atoms with van der Waals surface area (Å²) in [4.78, 5) is 17.2. The van der Waals surface area contributed by atoms with Gasteiger partial charge in [0.1, 0.15) is 0 Å². The van der Waals surface area contributed by atoms with E-state index < -0.39 is 5.82 Å². The van der Waals surface area contributed by atoms with Crippen molar-refractivity contribution in [3.63, 3.8) is 0 Å². The van der Waals surface area contributed by atoms with Gasteiger partial charge in [0, 0.05) is 19.3 Å². The molecular weight excluding hydrogens is 211 g/mol. The average molecular weight is 224 g/mol. The van der Waals surface area contributed by atoms with E-state index in [4.69, 9.17) is 4.74 Å². The van der Waals surface area contributed by atoms with Crippen molar-refractivity contribution in [1.29, 1.82) is 0 Å². The van der Waals surface area contributed by atoms with E-state index in [2.05, 4.69) is 4.98 Å². The molecule has 1 unspecified atom stereocenters. The van der Waals surface area contributed by atoms with Crippen LogP contribution in [-0.2, 0) is 4.74 Å². The number of carbonyl (C=O) groups is 1. The van der Waals surface area contributed by atoms with Gasteiger partial charge in [-0.15, -0.1) is 0 Å². The van der Waals surface area contributed by atoms with E-state index in [1.165, 1.54) is 12.3 Å². The molecule has 4 nitrogen and oxygen atoms in total. The molecule has 2 heterocycles. The Morgan fingerprint density at radius 1 is 1.69 bits per heavy atom. The summed E-state index contributed by atoms with van der Waals surface area (Å²) in [7, 11) is 0. The van der Waals surface area contributed by atoms with E-state index in [0.717, 1.165) is 6.20 Å². The lowest BCUT2D eigenvalue weighted by molar-refractivity contribution is -0.0125. The van der Waals surface area contributed by atoms with E-state index in [0.29, 0.717) is 19.7 Å². The van der Waals surface area contributed by atoms with Crippen molar-refractivity contribution >= 4 is 5.91 Å². The van der Waals surface area contributed by atoms with Crippen LogP contribution >= 0.6 is 0 Å². The second-order valence-electron chi connectivity index (χ2n) is 3.79. The number of hydrogen-bond donors (Lipinski definition) is 0. The van der Waals surface area contributed by atoms with Gasteiger partial charge in [-0.3, -0.25) is 9.78 Å². The van der Waals surface area contributed by atoms with Crippen LogP contribution in [0.3, 0.4) is 0 Å². The van der Waals surface area contributed by atoms with E-state index in [-0.39, 0.29) is 17.6 Å². The number of ether oxygens (including phenoxy) is 1. The van der Waals surface area contributed by atoms with Gasteiger partial charge in [-0.1, -0.05) is 0 Å². The Kier molecular flexibility index (Phi) is 3.14. The maximum Gasteiger partial charge on any atom is 0.257 e. The minimum Gasteiger partial charge on any atom is -0.375 e. The quantitative estimate of drug-likeness (QED) is 0.717. The molecule has 0 radical (unpaired) electrons. The van der Waals surface area contributed by atoms with Crippen LogP contribution < -0.4 is 0 Å². The molecule has 0 bridgehead atoms. The third-order valence-corrected chi connectivity index (χ3v) is 2.53. The normalized spacial score (nSPS) is 20.9. The molecule has 0 aromatic carbocycles. The van der Waals surface area contributed by atoms with Crippen LogP contribution in [0.4, 0.5) is 4.39 Å². The van der Waals surface area contributed by atoms with Crippen LogP contribution in [0.1, 0.15) is 17.3 Å². The molecule has 1 aliphatic heterocycles. The topological polar surface area (TPSA) is 42.4 Å². The van der Waals surface area contributed by atoms with Gasteiger partial charge < -0.3 is 9.64 Å². The van der Waals surface area contributed by atoms with E-state index in [9.17, 15) is 9.18 Å². The molecule has 1 atom stereocenters. The van der Waals surface area contributed by atoms with Gasteiger partial charge >= 0.3 is 0 Å². The maximum absolute atomic E-state index is 13.4. The van der Waals surface area contributed by atoms with E-state index in [1.54, 1.807) is 4.90 Å². The zero-order chi connectivity index (χ0) is 11.5. The Morgan fingerprint density at radius 3 is 3.19 bits per heavy atom. The van der Waals surface area contributed by atoms with Crippen molar-refractivity contribution in [2.24, 2.45) is 0 Å². The fourth-order valence-electron chi connectivity index (χ4n) is 1.72.